The summed E-state index contributed by atoms with van der Waals surface area (Å²) >= 11 is 0. The van der Waals surface area contributed by atoms with Crippen molar-refractivity contribution in [2.24, 2.45) is 17.3 Å². The van der Waals surface area contributed by atoms with Gasteiger partial charge in [-0.3, -0.25) is 9.69 Å². The molecule has 6 aliphatic rings. The van der Waals surface area contributed by atoms with E-state index in [0.29, 0.717) is 31.2 Å². The number of nitriles is 1. The fourth-order valence-electron chi connectivity index (χ4n) is 8.93. The lowest BCUT2D eigenvalue weighted by Crippen LogP contribution is -2.65. The van der Waals surface area contributed by atoms with Crippen LogP contribution in [0.25, 0.3) is 0 Å². The first-order valence-electron chi connectivity index (χ1n) is 17.5. The number of alkyl halides is 2. The number of rotatable bonds is 9. The van der Waals surface area contributed by atoms with Crippen LogP contribution < -0.4 is 5.32 Å². The molecule has 1 aromatic rings. The van der Waals surface area contributed by atoms with E-state index in [-0.39, 0.29) is 36.7 Å². The molecule has 2 amide bonds. The maximum Gasteiger partial charge on any atom is 0.482 e. The Labute approximate surface area is 283 Å². The summed E-state index contributed by atoms with van der Waals surface area (Å²) in [4.78, 5) is 30.2. The fourth-order valence-corrected chi connectivity index (χ4v) is 8.93. The predicted molar refractivity (Wildman–Crippen MR) is 177 cm³/mol. The second-order valence-corrected chi connectivity index (χ2v) is 15.9. The van der Waals surface area contributed by atoms with E-state index in [1.807, 2.05) is 36.4 Å². The quantitative estimate of drug-likeness (QED) is 0.210. The Balaban J connectivity index is 1.11. The minimum absolute atomic E-state index is 0.0356. The lowest BCUT2D eigenvalue weighted by atomic mass is 9.43. The number of hydrogen-bond acceptors (Lipinski definition) is 7. The van der Waals surface area contributed by atoms with Crippen LogP contribution in [0, 0.1) is 28.6 Å². The molecule has 3 saturated carbocycles. The first-order valence-corrected chi connectivity index (χ1v) is 17.5. The summed E-state index contributed by atoms with van der Waals surface area (Å²) in [6, 6.07) is 11.5. The van der Waals surface area contributed by atoms with Crippen LogP contribution in [0.5, 0.6) is 0 Å². The third-order valence-electron chi connectivity index (χ3n) is 12.0. The second kappa shape index (κ2) is 13.0. The highest BCUT2D eigenvalue weighted by molar-refractivity contribution is 6.47. The molecule has 0 radical (unpaired) electrons. The molecule has 2 bridgehead atoms. The van der Waals surface area contributed by atoms with Gasteiger partial charge in [-0.1, -0.05) is 44.2 Å². The van der Waals surface area contributed by atoms with Gasteiger partial charge in [0, 0.05) is 25.0 Å². The predicted octanol–water partition coefficient (Wildman–Crippen LogP) is 5.54. The second-order valence-electron chi connectivity index (χ2n) is 15.9. The van der Waals surface area contributed by atoms with Crippen LogP contribution in [0.2, 0.25) is 0 Å². The van der Waals surface area contributed by atoms with Gasteiger partial charge >= 0.3 is 13.2 Å². The highest BCUT2D eigenvalue weighted by atomic mass is 19.3. The average molecular weight is 667 g/mol. The summed E-state index contributed by atoms with van der Waals surface area (Å²) in [5.74, 6) is -2.78. The van der Waals surface area contributed by atoms with E-state index in [1.54, 1.807) is 23.6 Å². The van der Waals surface area contributed by atoms with Crippen molar-refractivity contribution in [1.82, 2.24) is 15.1 Å². The number of piperidine rings is 1. The maximum absolute atomic E-state index is 13.9. The summed E-state index contributed by atoms with van der Waals surface area (Å²) in [5.41, 5.74) is -0.220. The molecule has 3 saturated heterocycles. The molecule has 7 rings (SSSR count). The number of ether oxygens (including phenoxy) is 1. The van der Waals surface area contributed by atoms with E-state index >= 15 is 0 Å². The smallest absolute Gasteiger partial charge is 0.447 e. The number of hydrogen-bond donors (Lipinski definition) is 1. The van der Waals surface area contributed by atoms with Gasteiger partial charge in [-0.2, -0.15) is 5.26 Å². The highest BCUT2D eigenvalue weighted by Gasteiger charge is 2.68. The molecule has 0 unspecified atom stereocenters. The fraction of sp³-hybridized carbons (Fsp3) is 0.694. The van der Waals surface area contributed by atoms with Crippen molar-refractivity contribution in [3.8, 4) is 6.07 Å². The van der Waals surface area contributed by atoms with Crippen molar-refractivity contribution in [1.29, 1.82) is 5.26 Å². The van der Waals surface area contributed by atoms with Crippen molar-refractivity contribution in [2.45, 2.75) is 115 Å². The number of likely N-dealkylation sites (tertiary alicyclic amines) is 2. The van der Waals surface area contributed by atoms with Gasteiger partial charge in [0.1, 0.15) is 18.2 Å². The van der Waals surface area contributed by atoms with Crippen LogP contribution in [0.3, 0.4) is 0 Å². The summed E-state index contributed by atoms with van der Waals surface area (Å²) in [6.45, 7) is 10.4. The van der Waals surface area contributed by atoms with Gasteiger partial charge in [-0.05, 0) is 88.2 Å². The van der Waals surface area contributed by atoms with Gasteiger partial charge < -0.3 is 24.3 Å². The van der Waals surface area contributed by atoms with E-state index in [4.69, 9.17) is 14.0 Å². The average Bonchev–Trinajstić information content (AvgIpc) is 3.61. The zero-order valence-corrected chi connectivity index (χ0v) is 28.8. The van der Waals surface area contributed by atoms with Gasteiger partial charge in [-0.15, -0.1) is 0 Å². The van der Waals surface area contributed by atoms with Crippen molar-refractivity contribution in [2.75, 3.05) is 26.2 Å². The number of benzene rings is 1. The Morgan fingerprint density at radius 3 is 2.60 bits per heavy atom. The maximum atomic E-state index is 13.9. The Bertz CT molecular complexity index is 1450. The first kappa shape index (κ1) is 34.8. The molecule has 9 nitrogen and oxygen atoms in total. The highest BCUT2D eigenvalue weighted by Crippen LogP contribution is 2.65. The van der Waals surface area contributed by atoms with Crippen LogP contribution in [0.15, 0.2) is 42.0 Å². The Morgan fingerprint density at radius 2 is 1.94 bits per heavy atom. The van der Waals surface area contributed by atoms with Crippen LogP contribution in [0.1, 0.15) is 78.7 Å². The van der Waals surface area contributed by atoms with Crippen molar-refractivity contribution in [3.63, 3.8) is 0 Å². The molecule has 260 valence electrons. The molecule has 48 heavy (non-hydrogen) atoms. The van der Waals surface area contributed by atoms with Crippen LogP contribution in [-0.4, -0.2) is 90.3 Å². The third-order valence-corrected chi connectivity index (χ3v) is 12.0. The normalized spacial score (nSPS) is 31.8. The number of carbonyl (C=O) groups excluding carboxylic acids is 2. The SMILES string of the molecule is CC1(C)[C@@H]2C[C@H]3OB([C@H](Cc4ccccc4)NC(=O)OC[C@H]4CCCCN4C(=O)/C(C#N)=C/C(C)(C)N4CCC(F)(F)C4)O[C@@]3(C)[C@H]1C2. The number of nitrogens with one attached hydrogen (secondary N) is 1. The molecule has 1 N–H and O–H groups in total. The number of carbonyl (C=O) groups is 2. The monoisotopic (exact) mass is 666 g/mol. The summed E-state index contributed by atoms with van der Waals surface area (Å²) in [6.07, 6.45) is 5.34. The first-order chi connectivity index (χ1) is 22.6. The lowest BCUT2D eigenvalue weighted by molar-refractivity contribution is -0.199. The minimum atomic E-state index is -2.79. The molecular formula is C36H49BF2N4O5. The van der Waals surface area contributed by atoms with Crippen LogP contribution in [0.4, 0.5) is 13.6 Å². The molecular weight excluding hydrogens is 617 g/mol. The molecule has 1 aromatic carbocycles. The van der Waals surface area contributed by atoms with Gasteiger partial charge in [0.15, 0.2) is 0 Å². The van der Waals surface area contributed by atoms with Crippen molar-refractivity contribution >= 4 is 19.1 Å². The lowest BCUT2D eigenvalue weighted by Gasteiger charge is -2.64. The van der Waals surface area contributed by atoms with Gasteiger partial charge in [0.05, 0.1) is 30.2 Å². The Hall–Kier alpha value is -3.01. The molecule has 3 heterocycles. The third kappa shape index (κ3) is 6.75. The zero-order valence-electron chi connectivity index (χ0n) is 28.8. The van der Waals surface area contributed by atoms with Gasteiger partial charge in [-0.25, -0.2) is 13.6 Å². The summed E-state index contributed by atoms with van der Waals surface area (Å²) in [5, 5.41) is 13.0. The van der Waals surface area contributed by atoms with Gasteiger partial charge in [0.25, 0.3) is 11.8 Å². The van der Waals surface area contributed by atoms with E-state index in [2.05, 4.69) is 26.1 Å². The largest absolute Gasteiger partial charge is 0.482 e. The topological polar surface area (TPSA) is 104 Å². The van der Waals surface area contributed by atoms with E-state index in [1.165, 1.54) is 6.08 Å². The molecule has 3 aliphatic carbocycles. The summed E-state index contributed by atoms with van der Waals surface area (Å²) in [7, 11) is -0.641. The molecule has 6 fully saturated rings. The molecule has 0 spiro atoms. The zero-order chi connectivity index (χ0) is 34.5. The molecule has 6 atom stereocenters. The standard InChI is InChI=1S/C36H49BF2N4O5/c1-33(2,42-16-14-36(38,39)23-42)20-25(21-40)31(44)43-15-10-9-13-27(43)22-46-32(45)41-30(17-24-11-7-6-8-12-24)37-47-29-19-26-18-28(34(26,3)4)35(29,5)48-37/h6-8,11-12,20,26-30H,9-10,13-19,22-23H2,1-5H3,(H,41,45)/b25-20+/t26-,27+,28-,29+,30-,35-/m0/s1. The number of halogens is 2. The Morgan fingerprint density at radius 1 is 1.19 bits per heavy atom. The molecule has 12 heteroatoms. The van der Waals surface area contributed by atoms with Gasteiger partial charge in [0.2, 0.25) is 0 Å². The molecule has 0 aromatic heterocycles. The number of alkyl carbamates (subject to hydrolysis) is 1. The van der Waals surface area contributed by atoms with Crippen molar-refractivity contribution in [3.05, 3.63) is 47.5 Å². The number of nitrogens with zero attached hydrogens (tertiary/aromatic N) is 3. The molecule has 3 aliphatic heterocycles. The number of amides is 2. The van der Waals surface area contributed by atoms with E-state index < -0.39 is 54.7 Å². The summed E-state index contributed by atoms with van der Waals surface area (Å²) < 4.78 is 46.9. The Kier molecular flexibility index (Phi) is 9.46. The van der Waals surface area contributed by atoms with Crippen LogP contribution >= 0.6 is 0 Å². The van der Waals surface area contributed by atoms with Crippen LogP contribution in [-0.2, 0) is 25.3 Å². The minimum Gasteiger partial charge on any atom is -0.447 e. The van der Waals surface area contributed by atoms with E-state index in [9.17, 15) is 23.6 Å². The van der Waals surface area contributed by atoms with E-state index in [0.717, 1.165) is 31.2 Å². The van der Waals surface area contributed by atoms with Crippen molar-refractivity contribution < 1.29 is 32.4 Å².